The van der Waals surface area contributed by atoms with Crippen LogP contribution in [0.5, 0.6) is 0 Å². The molecule has 0 amide bonds. The summed E-state index contributed by atoms with van der Waals surface area (Å²) in [4.78, 5) is 14.8. The van der Waals surface area contributed by atoms with Crippen LogP contribution in [0.2, 0.25) is 5.02 Å². The Morgan fingerprint density at radius 2 is 1.67 bits per heavy atom. The highest BCUT2D eigenvalue weighted by atomic mass is 35.5. The van der Waals surface area contributed by atoms with Crippen LogP contribution in [0.1, 0.15) is 16.2 Å². The van der Waals surface area contributed by atoms with E-state index in [1.165, 1.54) is 6.20 Å². The minimum atomic E-state index is 0.386. The van der Waals surface area contributed by atoms with E-state index in [0.717, 1.165) is 28.0 Å². The predicted octanol–water partition coefficient (Wildman–Crippen LogP) is 3.86. The van der Waals surface area contributed by atoms with Crippen molar-refractivity contribution in [3.05, 3.63) is 77.3 Å². The standard InChI is InChI=1S/C17H12ClN2O/c18-16-7-5-15(6-8-16)14-3-1-13(2-4-14)11-20-10-9-19-17(20)12-21/h1-9,12H,11H2. The van der Waals surface area contributed by atoms with E-state index in [-0.39, 0.29) is 0 Å². The lowest BCUT2D eigenvalue weighted by atomic mass is 10.0. The first-order valence-corrected chi connectivity index (χ1v) is 6.87. The molecule has 21 heavy (non-hydrogen) atoms. The molecular formula is C17H12ClN2O. The third kappa shape index (κ3) is 3.03. The molecule has 0 aliphatic rings. The van der Waals surface area contributed by atoms with E-state index in [1.54, 1.807) is 4.57 Å². The zero-order valence-electron chi connectivity index (χ0n) is 11.2. The molecule has 0 aliphatic carbocycles. The summed E-state index contributed by atoms with van der Waals surface area (Å²) in [6.07, 6.45) is 5.16. The number of rotatable bonds is 4. The molecule has 0 fully saturated rings. The Morgan fingerprint density at radius 1 is 1.05 bits per heavy atom. The highest BCUT2D eigenvalue weighted by Crippen LogP contribution is 2.22. The third-order valence-electron chi connectivity index (χ3n) is 3.26. The van der Waals surface area contributed by atoms with Crippen molar-refractivity contribution < 1.29 is 4.79 Å². The first-order chi connectivity index (χ1) is 10.3. The van der Waals surface area contributed by atoms with Gasteiger partial charge in [-0.1, -0.05) is 48.0 Å². The molecule has 3 nitrogen and oxygen atoms in total. The molecular weight excluding hydrogens is 284 g/mol. The van der Waals surface area contributed by atoms with Gasteiger partial charge < -0.3 is 4.57 Å². The number of carbonyl (C=O) groups is 1. The summed E-state index contributed by atoms with van der Waals surface area (Å²) < 4.78 is 1.70. The van der Waals surface area contributed by atoms with Crippen molar-refractivity contribution in [3.63, 3.8) is 0 Å². The quantitative estimate of drug-likeness (QED) is 0.685. The molecule has 2 aromatic carbocycles. The van der Waals surface area contributed by atoms with Crippen LogP contribution in [0.4, 0.5) is 0 Å². The average Bonchev–Trinajstić information content (AvgIpc) is 2.96. The molecule has 0 spiro atoms. The summed E-state index contributed by atoms with van der Waals surface area (Å²) in [6.45, 7) is 0.578. The topological polar surface area (TPSA) is 34.9 Å². The predicted molar refractivity (Wildman–Crippen MR) is 82.4 cm³/mol. The van der Waals surface area contributed by atoms with Crippen LogP contribution in [0, 0.1) is 6.20 Å². The van der Waals surface area contributed by atoms with Crippen LogP contribution in [-0.2, 0) is 6.54 Å². The Morgan fingerprint density at radius 3 is 2.29 bits per heavy atom. The highest BCUT2D eigenvalue weighted by molar-refractivity contribution is 6.30. The van der Waals surface area contributed by atoms with Crippen molar-refractivity contribution in [2.75, 3.05) is 0 Å². The second-order valence-corrected chi connectivity index (χ2v) is 5.09. The van der Waals surface area contributed by atoms with Crippen LogP contribution in [0.3, 0.4) is 0 Å². The van der Waals surface area contributed by atoms with E-state index in [0.29, 0.717) is 12.4 Å². The number of benzene rings is 2. The van der Waals surface area contributed by atoms with E-state index in [2.05, 4.69) is 23.3 Å². The van der Waals surface area contributed by atoms with Gasteiger partial charge in [0.25, 0.3) is 0 Å². The van der Waals surface area contributed by atoms with Crippen molar-refractivity contribution >= 4 is 17.9 Å². The van der Waals surface area contributed by atoms with Gasteiger partial charge in [-0.15, -0.1) is 0 Å². The van der Waals surface area contributed by atoms with Gasteiger partial charge in [0, 0.05) is 11.6 Å². The number of hydrogen-bond donors (Lipinski definition) is 0. The van der Waals surface area contributed by atoms with E-state index in [9.17, 15) is 4.79 Å². The van der Waals surface area contributed by atoms with Gasteiger partial charge in [-0.2, -0.15) is 0 Å². The van der Waals surface area contributed by atoms with E-state index < -0.39 is 0 Å². The van der Waals surface area contributed by atoms with Crippen molar-refractivity contribution in [2.24, 2.45) is 0 Å². The molecule has 0 aliphatic heterocycles. The lowest BCUT2D eigenvalue weighted by Crippen LogP contribution is -2.03. The number of nitrogens with zero attached hydrogens (tertiary/aromatic N) is 2. The Labute approximate surface area is 127 Å². The molecule has 0 atom stereocenters. The number of imidazole rings is 1. The number of carbonyl (C=O) groups excluding carboxylic acids is 1. The molecule has 0 unspecified atom stereocenters. The van der Waals surface area contributed by atoms with Gasteiger partial charge in [-0.05, 0) is 28.8 Å². The van der Waals surface area contributed by atoms with E-state index in [4.69, 9.17) is 11.6 Å². The molecule has 0 saturated heterocycles. The normalized spacial score (nSPS) is 10.5. The minimum absolute atomic E-state index is 0.386. The van der Waals surface area contributed by atoms with E-state index >= 15 is 0 Å². The fraction of sp³-hybridized carbons (Fsp3) is 0.0588. The highest BCUT2D eigenvalue weighted by Gasteiger charge is 2.03. The number of hydrogen-bond acceptors (Lipinski definition) is 2. The second kappa shape index (κ2) is 5.94. The van der Waals surface area contributed by atoms with E-state index in [1.807, 2.05) is 36.4 Å². The fourth-order valence-corrected chi connectivity index (χ4v) is 2.27. The van der Waals surface area contributed by atoms with Gasteiger partial charge in [-0.3, -0.25) is 4.79 Å². The summed E-state index contributed by atoms with van der Waals surface area (Å²) >= 11 is 5.89. The number of aldehydes is 1. The summed E-state index contributed by atoms with van der Waals surface area (Å²) in [5, 5.41) is 0.729. The van der Waals surface area contributed by atoms with Gasteiger partial charge in [0.05, 0.1) is 12.4 Å². The maximum Gasteiger partial charge on any atom is 0.185 e. The zero-order chi connectivity index (χ0) is 14.7. The third-order valence-corrected chi connectivity index (χ3v) is 3.52. The minimum Gasteiger partial charge on any atom is -0.316 e. The van der Waals surface area contributed by atoms with Crippen molar-refractivity contribution in [1.82, 2.24) is 9.55 Å². The largest absolute Gasteiger partial charge is 0.316 e. The van der Waals surface area contributed by atoms with Crippen LogP contribution in [0.25, 0.3) is 11.1 Å². The van der Waals surface area contributed by atoms with Crippen LogP contribution in [0.15, 0.2) is 54.7 Å². The molecule has 1 heterocycles. The summed E-state index contributed by atoms with van der Waals surface area (Å²) in [6, 6.07) is 15.9. The molecule has 3 rings (SSSR count). The average molecular weight is 296 g/mol. The molecule has 1 aromatic heterocycles. The Bertz CT molecular complexity index is 745. The summed E-state index contributed by atoms with van der Waals surface area (Å²) in [7, 11) is 0. The Balaban J connectivity index is 1.81. The summed E-state index contributed by atoms with van der Waals surface area (Å²) in [5.41, 5.74) is 3.33. The smallest absolute Gasteiger partial charge is 0.185 e. The molecule has 4 heteroatoms. The molecule has 0 N–H and O–H groups in total. The zero-order valence-corrected chi connectivity index (χ0v) is 11.9. The van der Waals surface area contributed by atoms with Crippen molar-refractivity contribution in [3.8, 4) is 11.1 Å². The number of halogens is 1. The van der Waals surface area contributed by atoms with Crippen LogP contribution < -0.4 is 0 Å². The molecule has 1 radical (unpaired) electrons. The lowest BCUT2D eigenvalue weighted by Gasteiger charge is -2.06. The van der Waals surface area contributed by atoms with Crippen LogP contribution in [-0.4, -0.2) is 15.8 Å². The summed E-state index contributed by atoms with van der Waals surface area (Å²) in [5.74, 6) is 0.386. The SMILES string of the molecule is O=Cc1nc[c]n1Cc1ccc(-c2ccc(Cl)cc2)cc1. The van der Waals surface area contributed by atoms with Gasteiger partial charge in [0.1, 0.15) is 0 Å². The molecule has 0 saturated carbocycles. The van der Waals surface area contributed by atoms with Gasteiger partial charge in [-0.25, -0.2) is 4.98 Å². The molecule has 103 valence electrons. The van der Waals surface area contributed by atoms with Gasteiger partial charge >= 0.3 is 0 Å². The maximum absolute atomic E-state index is 10.8. The molecule has 3 aromatic rings. The monoisotopic (exact) mass is 295 g/mol. The van der Waals surface area contributed by atoms with Crippen molar-refractivity contribution in [2.45, 2.75) is 6.54 Å². The Kier molecular flexibility index (Phi) is 3.84. The van der Waals surface area contributed by atoms with Gasteiger partial charge in [0.2, 0.25) is 0 Å². The lowest BCUT2D eigenvalue weighted by molar-refractivity contribution is 0.111. The van der Waals surface area contributed by atoms with Gasteiger partial charge in [0.15, 0.2) is 12.1 Å². The first-order valence-electron chi connectivity index (χ1n) is 6.49. The first kappa shape index (κ1) is 13.6. The number of aromatic nitrogens is 2. The second-order valence-electron chi connectivity index (χ2n) is 4.65. The maximum atomic E-state index is 10.8. The Hall–Kier alpha value is -2.39. The van der Waals surface area contributed by atoms with Crippen molar-refractivity contribution in [1.29, 1.82) is 0 Å². The molecule has 0 bridgehead atoms. The fourth-order valence-electron chi connectivity index (χ4n) is 2.15. The van der Waals surface area contributed by atoms with Crippen LogP contribution >= 0.6 is 11.6 Å².